The smallest absolute Gasteiger partial charge is 0.341 e. The molecule has 1 heterocycles. The van der Waals surface area contributed by atoms with Crippen LogP contribution in [0.4, 0.5) is 5.82 Å². The molecule has 0 atom stereocenters. The third-order valence-corrected chi connectivity index (χ3v) is 2.94. The van der Waals surface area contributed by atoms with Gasteiger partial charge < -0.3 is 15.6 Å². The Morgan fingerprint density at radius 3 is 2.82 bits per heavy atom. The number of carboxylic acid groups (broad SMARTS) is 1. The van der Waals surface area contributed by atoms with Crippen LogP contribution < -0.4 is 10.5 Å². The Kier molecular flexibility index (Phi) is 4.32. The highest BCUT2D eigenvalue weighted by Gasteiger charge is 2.16. The Bertz CT molecular complexity index is 744. The highest BCUT2D eigenvalue weighted by Crippen LogP contribution is 2.24. The van der Waals surface area contributed by atoms with Crippen molar-refractivity contribution >= 4 is 11.8 Å². The lowest BCUT2D eigenvalue weighted by Gasteiger charge is -2.11. The number of anilines is 1. The molecule has 0 aliphatic carbocycles. The van der Waals surface area contributed by atoms with Gasteiger partial charge in [0.05, 0.1) is 24.1 Å². The molecule has 0 amide bonds. The molecule has 0 aliphatic heterocycles. The summed E-state index contributed by atoms with van der Waals surface area (Å²) in [7, 11) is 0. The fraction of sp³-hybridized carbons (Fsp3) is 0.267. The minimum absolute atomic E-state index is 0.00670. The molecule has 0 saturated carbocycles. The van der Waals surface area contributed by atoms with Crippen molar-refractivity contribution in [1.82, 2.24) is 9.78 Å². The maximum absolute atomic E-state index is 11.0. The van der Waals surface area contributed by atoms with Crippen molar-refractivity contribution in [3.8, 4) is 17.5 Å². The first-order chi connectivity index (χ1) is 10.4. The fourth-order valence-electron chi connectivity index (χ4n) is 1.85. The van der Waals surface area contributed by atoms with Crippen LogP contribution in [0.3, 0.4) is 0 Å². The first kappa shape index (κ1) is 15.4. The molecule has 22 heavy (non-hydrogen) atoms. The van der Waals surface area contributed by atoms with E-state index < -0.39 is 5.97 Å². The zero-order valence-electron chi connectivity index (χ0n) is 12.3. The minimum Gasteiger partial charge on any atom is -0.492 e. The first-order valence-corrected chi connectivity index (χ1v) is 6.68. The monoisotopic (exact) mass is 300 g/mol. The van der Waals surface area contributed by atoms with Crippen molar-refractivity contribution in [2.45, 2.75) is 13.8 Å². The van der Waals surface area contributed by atoms with Gasteiger partial charge in [-0.25, -0.2) is 9.48 Å². The van der Waals surface area contributed by atoms with Gasteiger partial charge in [0.2, 0.25) is 0 Å². The van der Waals surface area contributed by atoms with Gasteiger partial charge in [0.1, 0.15) is 23.2 Å². The summed E-state index contributed by atoms with van der Waals surface area (Å²) in [6.07, 6.45) is 1.17. The van der Waals surface area contributed by atoms with Gasteiger partial charge in [0, 0.05) is 0 Å². The van der Waals surface area contributed by atoms with E-state index in [-0.39, 0.29) is 11.4 Å². The molecule has 2 rings (SSSR count). The van der Waals surface area contributed by atoms with Crippen LogP contribution in [-0.2, 0) is 0 Å². The molecule has 2 aromatic rings. The molecule has 0 fully saturated rings. The average molecular weight is 300 g/mol. The lowest BCUT2D eigenvalue weighted by Crippen LogP contribution is -2.08. The molecular weight excluding hydrogens is 284 g/mol. The van der Waals surface area contributed by atoms with E-state index in [0.29, 0.717) is 29.5 Å². The Balaban J connectivity index is 2.38. The van der Waals surface area contributed by atoms with Gasteiger partial charge >= 0.3 is 5.97 Å². The Morgan fingerprint density at radius 2 is 2.27 bits per heavy atom. The lowest BCUT2D eigenvalue weighted by molar-refractivity contribution is 0.0698. The van der Waals surface area contributed by atoms with Gasteiger partial charge in [-0.2, -0.15) is 10.4 Å². The van der Waals surface area contributed by atoms with Crippen molar-refractivity contribution < 1.29 is 14.6 Å². The minimum atomic E-state index is -1.15. The summed E-state index contributed by atoms with van der Waals surface area (Å²) >= 11 is 0. The number of nitriles is 1. The molecule has 0 unspecified atom stereocenters. The Hall–Kier alpha value is -3.01. The highest BCUT2D eigenvalue weighted by atomic mass is 16.5. The van der Waals surface area contributed by atoms with Gasteiger partial charge in [-0.1, -0.05) is 13.8 Å². The first-order valence-electron chi connectivity index (χ1n) is 6.68. The molecule has 0 bridgehead atoms. The maximum Gasteiger partial charge on any atom is 0.341 e. The van der Waals surface area contributed by atoms with Gasteiger partial charge in [-0.15, -0.1) is 0 Å². The van der Waals surface area contributed by atoms with Gasteiger partial charge in [0.25, 0.3) is 0 Å². The average Bonchev–Trinajstić information content (AvgIpc) is 2.86. The third-order valence-electron chi connectivity index (χ3n) is 2.94. The number of nitrogen functional groups attached to an aromatic ring is 1. The second-order valence-electron chi connectivity index (χ2n) is 5.16. The van der Waals surface area contributed by atoms with Crippen LogP contribution in [0.1, 0.15) is 29.8 Å². The number of ether oxygens (including phenoxy) is 1. The largest absolute Gasteiger partial charge is 0.492 e. The third kappa shape index (κ3) is 3.01. The zero-order chi connectivity index (χ0) is 16.3. The number of hydrogen-bond acceptors (Lipinski definition) is 5. The molecule has 1 aromatic heterocycles. The molecule has 0 aliphatic rings. The summed E-state index contributed by atoms with van der Waals surface area (Å²) in [5.41, 5.74) is 6.52. The number of aromatic nitrogens is 2. The predicted octanol–water partition coefficient (Wildman–Crippen LogP) is 2.06. The maximum atomic E-state index is 11.0. The number of aromatic carboxylic acids is 1. The quantitative estimate of drug-likeness (QED) is 0.873. The van der Waals surface area contributed by atoms with Gasteiger partial charge in [-0.3, -0.25) is 0 Å². The van der Waals surface area contributed by atoms with Crippen LogP contribution in [-0.4, -0.2) is 27.5 Å². The van der Waals surface area contributed by atoms with E-state index in [0.717, 1.165) is 0 Å². The van der Waals surface area contributed by atoms with Crippen LogP contribution in [0.15, 0.2) is 24.4 Å². The lowest BCUT2D eigenvalue weighted by atomic mass is 10.2. The number of nitrogens with two attached hydrogens (primary N) is 1. The summed E-state index contributed by atoms with van der Waals surface area (Å²) in [6, 6.07) is 6.94. The SMILES string of the molecule is CC(C)COc1ccc(-n2ncc(C(=O)O)c2N)cc1C#N. The van der Waals surface area contributed by atoms with Crippen molar-refractivity contribution in [3.63, 3.8) is 0 Å². The van der Waals surface area contributed by atoms with E-state index in [4.69, 9.17) is 15.6 Å². The molecule has 0 saturated heterocycles. The van der Waals surface area contributed by atoms with Crippen LogP contribution in [0, 0.1) is 17.2 Å². The summed E-state index contributed by atoms with van der Waals surface area (Å²) in [4.78, 5) is 11.0. The van der Waals surface area contributed by atoms with E-state index in [1.165, 1.54) is 10.9 Å². The fourth-order valence-corrected chi connectivity index (χ4v) is 1.85. The number of rotatable bonds is 5. The molecule has 7 nitrogen and oxygen atoms in total. The normalized spacial score (nSPS) is 10.5. The molecule has 3 N–H and O–H groups in total. The van der Waals surface area contributed by atoms with Crippen LogP contribution in [0.5, 0.6) is 5.75 Å². The molecule has 0 spiro atoms. The van der Waals surface area contributed by atoms with E-state index in [2.05, 4.69) is 11.2 Å². The molecule has 0 radical (unpaired) electrons. The van der Waals surface area contributed by atoms with Gasteiger partial charge in [0.15, 0.2) is 0 Å². The van der Waals surface area contributed by atoms with Crippen molar-refractivity contribution in [1.29, 1.82) is 5.26 Å². The number of hydrogen-bond donors (Lipinski definition) is 2. The van der Waals surface area contributed by atoms with Crippen LogP contribution >= 0.6 is 0 Å². The zero-order valence-corrected chi connectivity index (χ0v) is 12.3. The molecule has 1 aromatic carbocycles. The summed E-state index contributed by atoms with van der Waals surface area (Å²) < 4.78 is 6.85. The standard InChI is InChI=1S/C15H16N4O3/c1-9(2)8-22-13-4-3-11(5-10(13)6-16)19-14(17)12(7-18-19)15(20)21/h3-5,7,9H,8,17H2,1-2H3,(H,20,21). The Labute approximate surface area is 127 Å². The predicted molar refractivity (Wildman–Crippen MR) is 80.0 cm³/mol. The van der Waals surface area contributed by atoms with Crippen LogP contribution in [0.25, 0.3) is 5.69 Å². The Morgan fingerprint density at radius 1 is 1.55 bits per heavy atom. The highest BCUT2D eigenvalue weighted by molar-refractivity contribution is 5.92. The topological polar surface area (TPSA) is 114 Å². The second kappa shape index (κ2) is 6.18. The molecule has 114 valence electrons. The van der Waals surface area contributed by atoms with E-state index in [1.807, 2.05) is 13.8 Å². The van der Waals surface area contributed by atoms with Crippen molar-refractivity contribution in [3.05, 3.63) is 35.5 Å². The molecule has 7 heteroatoms. The van der Waals surface area contributed by atoms with Crippen LogP contribution in [0.2, 0.25) is 0 Å². The summed E-state index contributed by atoms with van der Waals surface area (Å²) in [5.74, 6) is -0.330. The van der Waals surface area contributed by atoms with E-state index in [1.54, 1.807) is 18.2 Å². The number of benzene rings is 1. The second-order valence-corrected chi connectivity index (χ2v) is 5.16. The number of carboxylic acids is 1. The number of carbonyl (C=O) groups is 1. The molecular formula is C15H16N4O3. The van der Waals surface area contributed by atoms with E-state index >= 15 is 0 Å². The summed E-state index contributed by atoms with van der Waals surface area (Å²) in [6.45, 7) is 4.53. The van der Waals surface area contributed by atoms with E-state index in [9.17, 15) is 10.1 Å². The number of nitrogens with zero attached hydrogens (tertiary/aromatic N) is 3. The van der Waals surface area contributed by atoms with Crippen molar-refractivity contribution in [2.75, 3.05) is 12.3 Å². The summed E-state index contributed by atoms with van der Waals surface area (Å²) in [5, 5.41) is 22.2. The van der Waals surface area contributed by atoms with Gasteiger partial charge in [-0.05, 0) is 24.1 Å². The van der Waals surface area contributed by atoms with Crippen molar-refractivity contribution in [2.24, 2.45) is 5.92 Å².